The number of aromatic nitrogens is 2. The second-order valence-electron chi connectivity index (χ2n) is 4.11. The highest BCUT2D eigenvalue weighted by Gasteiger charge is 2.04. The van der Waals surface area contributed by atoms with Gasteiger partial charge in [-0.15, -0.1) is 0 Å². The first-order valence-electron chi connectivity index (χ1n) is 5.92. The molecule has 1 heterocycles. The fourth-order valence-corrected chi connectivity index (χ4v) is 2.01. The van der Waals surface area contributed by atoms with Gasteiger partial charge in [0.1, 0.15) is 5.82 Å². The molecule has 0 radical (unpaired) electrons. The van der Waals surface area contributed by atoms with Crippen molar-refractivity contribution in [2.24, 2.45) is 5.10 Å². The van der Waals surface area contributed by atoms with Gasteiger partial charge < -0.3 is 4.98 Å². The van der Waals surface area contributed by atoms with E-state index in [1.54, 1.807) is 12.1 Å². The molecule has 3 rings (SSSR count). The van der Waals surface area contributed by atoms with Crippen LogP contribution < -0.4 is 5.43 Å². The van der Waals surface area contributed by atoms with Gasteiger partial charge in [-0.2, -0.15) is 5.10 Å². The average Bonchev–Trinajstić information content (AvgIpc) is 2.84. The molecule has 2 N–H and O–H groups in total. The van der Waals surface area contributed by atoms with Gasteiger partial charge in [-0.05, 0) is 24.3 Å². The molecule has 0 atom stereocenters. The number of para-hydroxylation sites is 2. The van der Waals surface area contributed by atoms with Crippen LogP contribution in [0.25, 0.3) is 11.0 Å². The molecule has 0 aliphatic carbocycles. The minimum Gasteiger partial charge on any atom is -0.323 e. The van der Waals surface area contributed by atoms with Gasteiger partial charge in [0, 0.05) is 5.56 Å². The number of nitrogens with zero attached hydrogens (tertiary/aromatic N) is 2. The third kappa shape index (κ3) is 2.48. The summed E-state index contributed by atoms with van der Waals surface area (Å²) in [7, 11) is 0. The number of aromatic amines is 1. The van der Waals surface area contributed by atoms with E-state index in [0.717, 1.165) is 11.0 Å². The Morgan fingerprint density at radius 2 is 2.05 bits per heavy atom. The molecule has 0 aliphatic rings. The number of hydrazone groups is 1. The van der Waals surface area contributed by atoms with Crippen LogP contribution in [0, 0.1) is 5.82 Å². The molecule has 0 spiro atoms. The van der Waals surface area contributed by atoms with Crippen LogP contribution >= 0.6 is 11.6 Å². The number of H-pyrrole nitrogens is 1. The first-order valence-corrected chi connectivity index (χ1v) is 6.29. The number of hydrogen-bond donors (Lipinski definition) is 2. The average molecular weight is 289 g/mol. The lowest BCUT2D eigenvalue weighted by Crippen LogP contribution is -1.95. The molecular weight excluding hydrogens is 279 g/mol. The molecule has 0 aliphatic heterocycles. The lowest BCUT2D eigenvalue weighted by atomic mass is 10.2. The summed E-state index contributed by atoms with van der Waals surface area (Å²) in [4.78, 5) is 7.33. The molecule has 0 bridgehead atoms. The van der Waals surface area contributed by atoms with Gasteiger partial charge in [0.05, 0.1) is 22.3 Å². The minimum absolute atomic E-state index is 0.234. The van der Waals surface area contributed by atoms with E-state index in [4.69, 9.17) is 11.6 Å². The van der Waals surface area contributed by atoms with Crippen molar-refractivity contribution in [3.63, 3.8) is 0 Å². The molecule has 0 saturated heterocycles. The van der Waals surface area contributed by atoms with Crippen molar-refractivity contribution >= 4 is 34.8 Å². The van der Waals surface area contributed by atoms with Crippen LogP contribution in [0.2, 0.25) is 5.02 Å². The van der Waals surface area contributed by atoms with Gasteiger partial charge in [0.15, 0.2) is 0 Å². The van der Waals surface area contributed by atoms with Crippen LogP contribution in [-0.4, -0.2) is 16.2 Å². The zero-order valence-corrected chi connectivity index (χ0v) is 11.0. The molecule has 0 fully saturated rings. The summed E-state index contributed by atoms with van der Waals surface area (Å²) in [6.07, 6.45) is 1.32. The fraction of sp³-hybridized carbons (Fsp3) is 0. The third-order valence-corrected chi connectivity index (χ3v) is 3.08. The van der Waals surface area contributed by atoms with Crippen LogP contribution in [0.3, 0.4) is 0 Å². The summed E-state index contributed by atoms with van der Waals surface area (Å²) in [5, 5.41) is 4.24. The Morgan fingerprint density at radius 3 is 2.85 bits per heavy atom. The van der Waals surface area contributed by atoms with Crippen molar-refractivity contribution in [3.8, 4) is 0 Å². The summed E-state index contributed by atoms with van der Waals surface area (Å²) >= 11 is 5.89. The van der Waals surface area contributed by atoms with Crippen LogP contribution in [0.15, 0.2) is 47.6 Å². The number of anilines is 1. The maximum absolute atomic E-state index is 13.5. The highest BCUT2D eigenvalue weighted by atomic mass is 35.5. The van der Waals surface area contributed by atoms with E-state index >= 15 is 0 Å². The molecule has 6 heteroatoms. The zero-order valence-electron chi connectivity index (χ0n) is 10.3. The van der Waals surface area contributed by atoms with Crippen LogP contribution in [0.4, 0.5) is 10.3 Å². The largest absolute Gasteiger partial charge is 0.323 e. The summed E-state index contributed by atoms with van der Waals surface area (Å²) in [5.74, 6) is 0.0579. The lowest BCUT2D eigenvalue weighted by molar-refractivity contribution is 0.626. The molecule has 0 saturated carbocycles. The Labute approximate surface area is 119 Å². The maximum Gasteiger partial charge on any atom is 0.222 e. The number of fused-ring (bicyclic) bond motifs is 1. The Bertz CT molecular complexity index is 728. The molecule has 0 unspecified atom stereocenters. The number of nitrogens with one attached hydrogen (secondary N) is 2. The molecular formula is C14H10ClFN4. The number of imidazole rings is 1. The van der Waals surface area contributed by atoms with E-state index in [1.165, 1.54) is 12.3 Å². The summed E-state index contributed by atoms with van der Waals surface area (Å²) in [5.41, 5.74) is 4.67. The normalized spacial score (nSPS) is 11.3. The predicted octanol–water partition coefficient (Wildman–Crippen LogP) is 3.80. The Hall–Kier alpha value is -2.40. The molecule has 2 aromatic carbocycles. The van der Waals surface area contributed by atoms with Gasteiger partial charge in [-0.25, -0.2) is 14.8 Å². The highest BCUT2D eigenvalue weighted by molar-refractivity contribution is 6.33. The Kier molecular flexibility index (Phi) is 3.35. The van der Waals surface area contributed by atoms with Gasteiger partial charge in [0.25, 0.3) is 0 Å². The van der Waals surface area contributed by atoms with Gasteiger partial charge in [0.2, 0.25) is 5.95 Å². The molecule has 1 aromatic heterocycles. The monoisotopic (exact) mass is 288 g/mol. The van der Waals surface area contributed by atoms with Gasteiger partial charge in [-0.1, -0.05) is 29.8 Å². The smallest absolute Gasteiger partial charge is 0.222 e. The second-order valence-corrected chi connectivity index (χ2v) is 4.52. The third-order valence-electron chi connectivity index (χ3n) is 2.75. The van der Waals surface area contributed by atoms with E-state index in [-0.39, 0.29) is 5.56 Å². The maximum atomic E-state index is 13.5. The minimum atomic E-state index is -0.423. The first-order chi connectivity index (χ1) is 9.74. The second kappa shape index (κ2) is 5.30. The summed E-state index contributed by atoms with van der Waals surface area (Å²) < 4.78 is 13.5. The summed E-state index contributed by atoms with van der Waals surface area (Å²) in [6, 6.07) is 12.1. The standard InChI is InChI=1S/C14H10ClFN4/c15-10-4-3-5-11(16)9(10)8-17-20-14-18-12-6-1-2-7-13(12)19-14/h1-8H,(H2,18,19,20). The van der Waals surface area contributed by atoms with Crippen molar-refractivity contribution in [1.29, 1.82) is 0 Å². The zero-order chi connectivity index (χ0) is 13.9. The molecule has 100 valence electrons. The first kappa shape index (κ1) is 12.6. The van der Waals surface area contributed by atoms with Crippen LogP contribution in [-0.2, 0) is 0 Å². The lowest BCUT2D eigenvalue weighted by Gasteiger charge is -1.99. The van der Waals surface area contributed by atoms with Crippen molar-refractivity contribution in [1.82, 2.24) is 9.97 Å². The van der Waals surface area contributed by atoms with E-state index in [2.05, 4.69) is 20.5 Å². The molecule has 3 aromatic rings. The van der Waals surface area contributed by atoms with Crippen molar-refractivity contribution in [3.05, 3.63) is 58.9 Å². The SMILES string of the molecule is Fc1cccc(Cl)c1C=NNc1nc2ccccc2[nH]1. The van der Waals surface area contributed by atoms with Gasteiger partial charge in [-0.3, -0.25) is 0 Å². The molecule has 20 heavy (non-hydrogen) atoms. The summed E-state index contributed by atoms with van der Waals surface area (Å²) in [6.45, 7) is 0. The van der Waals surface area contributed by atoms with Gasteiger partial charge >= 0.3 is 0 Å². The Morgan fingerprint density at radius 1 is 1.20 bits per heavy atom. The van der Waals surface area contributed by atoms with Crippen LogP contribution in [0.1, 0.15) is 5.56 Å². The van der Waals surface area contributed by atoms with E-state index in [0.29, 0.717) is 11.0 Å². The van der Waals surface area contributed by atoms with E-state index < -0.39 is 5.82 Å². The quantitative estimate of drug-likeness (QED) is 0.569. The fourth-order valence-electron chi connectivity index (χ4n) is 1.80. The number of rotatable bonds is 3. The topological polar surface area (TPSA) is 53.1 Å². The molecule has 0 amide bonds. The van der Waals surface area contributed by atoms with Crippen molar-refractivity contribution in [2.45, 2.75) is 0 Å². The number of hydrogen-bond acceptors (Lipinski definition) is 3. The predicted molar refractivity (Wildman–Crippen MR) is 78.7 cm³/mol. The Balaban J connectivity index is 1.80. The van der Waals surface area contributed by atoms with Crippen molar-refractivity contribution < 1.29 is 4.39 Å². The van der Waals surface area contributed by atoms with Crippen molar-refractivity contribution in [2.75, 3.05) is 5.43 Å². The van der Waals surface area contributed by atoms with E-state index in [1.807, 2.05) is 24.3 Å². The van der Waals surface area contributed by atoms with E-state index in [9.17, 15) is 4.39 Å². The van der Waals surface area contributed by atoms with Crippen LogP contribution in [0.5, 0.6) is 0 Å². The molecule has 4 nitrogen and oxygen atoms in total. The number of benzene rings is 2. The number of halogens is 2. The highest BCUT2D eigenvalue weighted by Crippen LogP contribution is 2.17.